The van der Waals surface area contributed by atoms with Crippen molar-refractivity contribution in [3.05, 3.63) is 30.0 Å². The molecule has 3 aromatic heterocycles. The molecule has 0 unspecified atom stereocenters. The second kappa shape index (κ2) is 3.21. The van der Waals surface area contributed by atoms with Crippen molar-refractivity contribution in [3.63, 3.8) is 0 Å². The third kappa shape index (κ3) is 1.32. The number of carboxylic acids is 1. The highest BCUT2D eigenvalue weighted by Crippen LogP contribution is 2.28. The van der Waals surface area contributed by atoms with E-state index < -0.39 is 5.97 Å². The second-order valence-corrected chi connectivity index (χ2v) is 3.49. The number of aryl methyl sites for hydroxylation is 1. The Morgan fingerprint density at radius 2 is 2.35 bits per heavy atom. The van der Waals surface area contributed by atoms with E-state index in [1.165, 1.54) is 0 Å². The molecule has 3 aromatic rings. The molecule has 1 N–H and O–H groups in total. The number of oxazole rings is 1. The Bertz CT molecular complexity index is 678. The molecule has 0 aliphatic rings. The molecular formula is C10H7N3O4. The maximum atomic E-state index is 11.0. The topological polar surface area (TPSA) is 93.8 Å². The van der Waals surface area contributed by atoms with E-state index in [1.54, 1.807) is 29.9 Å². The molecule has 17 heavy (non-hydrogen) atoms. The fourth-order valence-corrected chi connectivity index (χ4v) is 1.65. The van der Waals surface area contributed by atoms with Gasteiger partial charge in [0.25, 0.3) is 5.76 Å². The van der Waals surface area contributed by atoms with Crippen LogP contribution in [0.5, 0.6) is 0 Å². The molecule has 7 heteroatoms. The lowest BCUT2D eigenvalue weighted by Gasteiger charge is -1.92. The first kappa shape index (κ1) is 9.64. The average Bonchev–Trinajstić information content (AvgIpc) is 2.88. The van der Waals surface area contributed by atoms with Gasteiger partial charge in [-0.15, -0.1) is 0 Å². The molecule has 0 aliphatic carbocycles. The van der Waals surface area contributed by atoms with E-state index >= 15 is 0 Å². The van der Waals surface area contributed by atoms with Gasteiger partial charge in [0, 0.05) is 12.4 Å². The Balaban J connectivity index is 2.24. The average molecular weight is 233 g/mol. The molecule has 0 aromatic carbocycles. The number of nitrogens with zero attached hydrogens (tertiary/aromatic N) is 3. The van der Waals surface area contributed by atoms with Gasteiger partial charge in [0.1, 0.15) is 0 Å². The Morgan fingerprint density at radius 3 is 3.06 bits per heavy atom. The minimum Gasteiger partial charge on any atom is -0.475 e. The molecule has 3 heterocycles. The summed E-state index contributed by atoms with van der Waals surface area (Å²) >= 11 is 0. The highest BCUT2D eigenvalue weighted by atomic mass is 16.5. The zero-order valence-corrected chi connectivity index (χ0v) is 8.75. The first-order valence-electron chi connectivity index (χ1n) is 4.79. The molecule has 3 rings (SSSR count). The van der Waals surface area contributed by atoms with Crippen LogP contribution in [0.2, 0.25) is 0 Å². The molecule has 7 nitrogen and oxygen atoms in total. The summed E-state index contributed by atoms with van der Waals surface area (Å²) in [5, 5.41) is 12.6. The molecule has 0 aliphatic heterocycles. The SMILES string of the molecule is Cc1noc(C(=O)O)c1-c1cn2ccnc2o1. The highest BCUT2D eigenvalue weighted by molar-refractivity contribution is 5.92. The second-order valence-electron chi connectivity index (χ2n) is 3.49. The van der Waals surface area contributed by atoms with Gasteiger partial charge in [0.2, 0.25) is 0 Å². The predicted octanol–water partition coefficient (Wildman–Crippen LogP) is 1.59. The molecule has 0 saturated heterocycles. The summed E-state index contributed by atoms with van der Waals surface area (Å²) in [5.41, 5.74) is 0.794. The summed E-state index contributed by atoms with van der Waals surface area (Å²) in [6, 6.07) is 0. The summed E-state index contributed by atoms with van der Waals surface area (Å²) < 4.78 is 11.8. The van der Waals surface area contributed by atoms with Crippen LogP contribution in [0.4, 0.5) is 0 Å². The predicted molar refractivity (Wildman–Crippen MR) is 54.7 cm³/mol. The van der Waals surface area contributed by atoms with E-state index in [0.29, 0.717) is 22.9 Å². The Labute approximate surface area is 94.3 Å². The normalized spacial score (nSPS) is 11.1. The van der Waals surface area contributed by atoms with Crippen LogP contribution in [0.1, 0.15) is 16.2 Å². The lowest BCUT2D eigenvalue weighted by molar-refractivity contribution is 0.0653. The first-order valence-corrected chi connectivity index (χ1v) is 4.79. The molecule has 0 atom stereocenters. The van der Waals surface area contributed by atoms with Gasteiger partial charge >= 0.3 is 11.8 Å². The molecule has 0 fully saturated rings. The largest absolute Gasteiger partial charge is 0.475 e. The zero-order chi connectivity index (χ0) is 12.0. The summed E-state index contributed by atoms with van der Waals surface area (Å²) in [6.07, 6.45) is 4.92. The molecular weight excluding hydrogens is 226 g/mol. The molecule has 0 amide bonds. The highest BCUT2D eigenvalue weighted by Gasteiger charge is 2.24. The first-order chi connectivity index (χ1) is 8.16. The number of aromatic carboxylic acids is 1. The molecule has 0 spiro atoms. The van der Waals surface area contributed by atoms with Crippen molar-refractivity contribution in [2.45, 2.75) is 6.92 Å². The smallest absolute Gasteiger partial charge is 0.375 e. The van der Waals surface area contributed by atoms with Gasteiger partial charge in [0.15, 0.2) is 5.76 Å². The number of imidazole rings is 1. The third-order valence-corrected chi connectivity index (χ3v) is 2.39. The van der Waals surface area contributed by atoms with E-state index in [1.807, 2.05) is 0 Å². The maximum absolute atomic E-state index is 11.0. The van der Waals surface area contributed by atoms with Gasteiger partial charge in [0.05, 0.1) is 17.5 Å². The van der Waals surface area contributed by atoms with E-state index in [2.05, 4.69) is 10.1 Å². The van der Waals surface area contributed by atoms with Crippen LogP contribution in [0.25, 0.3) is 17.2 Å². The van der Waals surface area contributed by atoms with Crippen molar-refractivity contribution < 1.29 is 18.8 Å². The van der Waals surface area contributed by atoms with Crippen LogP contribution in [0, 0.1) is 6.92 Å². The Kier molecular flexibility index (Phi) is 1.82. The molecule has 0 radical (unpaired) electrons. The zero-order valence-electron chi connectivity index (χ0n) is 8.75. The summed E-state index contributed by atoms with van der Waals surface area (Å²) in [5.74, 6) is -0.671. The number of aromatic nitrogens is 3. The van der Waals surface area contributed by atoms with Gasteiger partial charge < -0.3 is 14.0 Å². The van der Waals surface area contributed by atoms with Crippen molar-refractivity contribution in [1.29, 1.82) is 0 Å². The van der Waals surface area contributed by atoms with Crippen molar-refractivity contribution >= 4 is 11.8 Å². The van der Waals surface area contributed by atoms with Crippen LogP contribution in [0.15, 0.2) is 27.5 Å². The molecule has 0 bridgehead atoms. The van der Waals surface area contributed by atoms with Gasteiger partial charge in [-0.3, -0.25) is 4.40 Å². The number of hydrogen-bond donors (Lipinski definition) is 1. The summed E-state index contributed by atoms with van der Waals surface area (Å²) in [4.78, 5) is 14.9. The maximum Gasteiger partial charge on any atom is 0.375 e. The number of carboxylic acid groups (broad SMARTS) is 1. The minimum absolute atomic E-state index is 0.237. The van der Waals surface area contributed by atoms with E-state index in [4.69, 9.17) is 14.0 Å². The van der Waals surface area contributed by atoms with Crippen molar-refractivity contribution in [2.75, 3.05) is 0 Å². The van der Waals surface area contributed by atoms with E-state index in [-0.39, 0.29) is 5.76 Å². The third-order valence-electron chi connectivity index (χ3n) is 2.39. The lowest BCUT2D eigenvalue weighted by atomic mass is 10.1. The van der Waals surface area contributed by atoms with E-state index in [0.717, 1.165) is 0 Å². The minimum atomic E-state index is -1.19. The van der Waals surface area contributed by atoms with Crippen LogP contribution >= 0.6 is 0 Å². The fraction of sp³-hybridized carbons (Fsp3) is 0.100. The molecule has 86 valence electrons. The fourth-order valence-electron chi connectivity index (χ4n) is 1.65. The van der Waals surface area contributed by atoms with Gasteiger partial charge in [-0.1, -0.05) is 5.16 Å². The van der Waals surface area contributed by atoms with Gasteiger partial charge in [-0.2, -0.15) is 0 Å². The lowest BCUT2D eigenvalue weighted by Crippen LogP contribution is -1.96. The summed E-state index contributed by atoms with van der Waals surface area (Å²) in [7, 11) is 0. The number of carbonyl (C=O) groups is 1. The van der Waals surface area contributed by atoms with Crippen LogP contribution in [-0.2, 0) is 0 Å². The molecule has 0 saturated carbocycles. The number of hydrogen-bond acceptors (Lipinski definition) is 5. The van der Waals surface area contributed by atoms with Crippen molar-refractivity contribution in [3.8, 4) is 11.3 Å². The standard InChI is InChI=1S/C10H7N3O4/c1-5-7(8(9(14)15)17-12-5)6-4-13-3-2-11-10(13)16-6/h2-4H,1H3,(H,14,15). The quantitative estimate of drug-likeness (QED) is 0.722. The van der Waals surface area contributed by atoms with E-state index in [9.17, 15) is 4.79 Å². The van der Waals surface area contributed by atoms with Crippen molar-refractivity contribution in [2.24, 2.45) is 0 Å². The summed E-state index contributed by atoms with van der Waals surface area (Å²) in [6.45, 7) is 1.65. The number of fused-ring (bicyclic) bond motifs is 1. The van der Waals surface area contributed by atoms with Crippen LogP contribution in [-0.4, -0.2) is 25.6 Å². The van der Waals surface area contributed by atoms with Crippen molar-refractivity contribution in [1.82, 2.24) is 14.5 Å². The number of rotatable bonds is 2. The van der Waals surface area contributed by atoms with Crippen LogP contribution < -0.4 is 0 Å². The van der Waals surface area contributed by atoms with Gasteiger partial charge in [-0.25, -0.2) is 9.78 Å². The monoisotopic (exact) mass is 233 g/mol. The Hall–Kier alpha value is -2.57. The van der Waals surface area contributed by atoms with Crippen LogP contribution in [0.3, 0.4) is 0 Å². The Morgan fingerprint density at radius 1 is 1.53 bits per heavy atom. The van der Waals surface area contributed by atoms with Gasteiger partial charge in [-0.05, 0) is 6.92 Å².